The lowest BCUT2D eigenvalue weighted by Gasteiger charge is -2.07. The van der Waals surface area contributed by atoms with E-state index in [1.54, 1.807) is 18.2 Å². The van der Waals surface area contributed by atoms with E-state index in [9.17, 15) is 4.79 Å². The van der Waals surface area contributed by atoms with Gasteiger partial charge in [-0.15, -0.1) is 5.10 Å². The molecule has 0 aliphatic carbocycles. The molecule has 7 heteroatoms. The van der Waals surface area contributed by atoms with Gasteiger partial charge in [-0.2, -0.15) is 0 Å². The van der Waals surface area contributed by atoms with Crippen LogP contribution >= 0.6 is 23.1 Å². The van der Waals surface area contributed by atoms with Gasteiger partial charge in [0, 0.05) is 5.69 Å². The maximum Gasteiger partial charge on any atom is 0.269 e. The van der Waals surface area contributed by atoms with Crippen molar-refractivity contribution < 1.29 is 4.79 Å². The van der Waals surface area contributed by atoms with Gasteiger partial charge in [-0.3, -0.25) is 4.79 Å². The van der Waals surface area contributed by atoms with E-state index in [1.807, 2.05) is 13.8 Å². The number of carbonyl (C=O) groups excluding carboxylic acids is 1. The second kappa shape index (κ2) is 5.54. The third-order valence-corrected chi connectivity index (χ3v) is 3.59. The zero-order valence-corrected chi connectivity index (χ0v) is 12.0. The van der Waals surface area contributed by atoms with E-state index in [2.05, 4.69) is 14.9 Å². The molecule has 0 aliphatic heterocycles. The number of halogens is 1. The quantitative estimate of drug-likeness (QED) is 0.853. The van der Waals surface area contributed by atoms with Crippen LogP contribution in [0.15, 0.2) is 18.2 Å². The van der Waals surface area contributed by atoms with Gasteiger partial charge in [-0.25, -0.2) is 0 Å². The molecule has 0 atom stereocenters. The third-order valence-electron chi connectivity index (χ3n) is 2.52. The maximum absolute atomic E-state index is 12.1. The predicted molar refractivity (Wildman–Crippen MR) is 77.8 cm³/mol. The fourth-order valence-electron chi connectivity index (χ4n) is 1.53. The summed E-state index contributed by atoms with van der Waals surface area (Å²) in [5, 5.41) is 7.14. The summed E-state index contributed by atoms with van der Waals surface area (Å²) in [5.74, 6) is -0.0888. The molecule has 0 unspecified atom stereocenters. The van der Waals surface area contributed by atoms with Crippen LogP contribution < -0.4 is 11.1 Å². The van der Waals surface area contributed by atoms with Crippen molar-refractivity contribution in [2.75, 3.05) is 11.1 Å². The van der Waals surface area contributed by atoms with E-state index in [4.69, 9.17) is 17.3 Å². The van der Waals surface area contributed by atoms with Crippen molar-refractivity contribution >= 4 is 40.4 Å². The van der Waals surface area contributed by atoms with Crippen LogP contribution in [0.1, 0.15) is 35.1 Å². The van der Waals surface area contributed by atoms with Gasteiger partial charge in [0.2, 0.25) is 0 Å². The zero-order valence-electron chi connectivity index (χ0n) is 10.5. The monoisotopic (exact) mass is 296 g/mol. The Balaban J connectivity index is 2.21. The number of carbonyl (C=O) groups is 1. The van der Waals surface area contributed by atoms with Gasteiger partial charge >= 0.3 is 0 Å². The topological polar surface area (TPSA) is 80.9 Å². The summed E-state index contributed by atoms with van der Waals surface area (Å²) in [6.07, 6.45) is 0. The molecule has 0 saturated heterocycles. The van der Waals surface area contributed by atoms with Crippen molar-refractivity contribution in [1.29, 1.82) is 0 Å². The van der Waals surface area contributed by atoms with Crippen LogP contribution in [0.3, 0.4) is 0 Å². The molecule has 1 heterocycles. The predicted octanol–water partition coefficient (Wildman–Crippen LogP) is 3.15. The number of amides is 1. The number of hydrogen-bond acceptors (Lipinski definition) is 5. The molecule has 0 spiro atoms. The Morgan fingerprint density at radius 3 is 2.84 bits per heavy atom. The van der Waals surface area contributed by atoms with E-state index in [0.717, 1.165) is 11.5 Å². The highest BCUT2D eigenvalue weighted by molar-refractivity contribution is 7.08. The minimum absolute atomic E-state index is 0.148. The smallest absolute Gasteiger partial charge is 0.269 e. The Hall–Kier alpha value is -1.66. The molecule has 3 N–H and O–H groups in total. The van der Waals surface area contributed by atoms with E-state index in [0.29, 0.717) is 27.0 Å². The van der Waals surface area contributed by atoms with Crippen LogP contribution in [0.5, 0.6) is 0 Å². The number of nitrogens with one attached hydrogen (secondary N) is 1. The minimum Gasteiger partial charge on any atom is -0.398 e. The molecular formula is C12H13ClN4OS. The van der Waals surface area contributed by atoms with Gasteiger partial charge in [-0.05, 0) is 35.6 Å². The van der Waals surface area contributed by atoms with Gasteiger partial charge in [-0.1, -0.05) is 29.9 Å². The average Bonchev–Trinajstić information content (AvgIpc) is 2.83. The molecule has 0 radical (unpaired) electrons. The molecule has 5 nitrogen and oxygen atoms in total. The summed E-state index contributed by atoms with van der Waals surface area (Å²) in [4.78, 5) is 12.7. The first kappa shape index (κ1) is 13.8. The molecule has 0 saturated carbocycles. The lowest BCUT2D eigenvalue weighted by molar-refractivity contribution is 0.102. The van der Waals surface area contributed by atoms with Crippen molar-refractivity contribution in [1.82, 2.24) is 9.59 Å². The standard InChI is InChI=1S/C12H13ClN4OS/c1-6(2)10-11(19-17-16-10)12(18)15-7-3-4-9(14)8(13)5-7/h3-6H,14H2,1-2H3,(H,15,18). The van der Waals surface area contributed by atoms with Gasteiger partial charge < -0.3 is 11.1 Å². The largest absolute Gasteiger partial charge is 0.398 e. The summed E-state index contributed by atoms with van der Waals surface area (Å²) in [7, 11) is 0. The highest BCUT2D eigenvalue weighted by Crippen LogP contribution is 2.24. The zero-order chi connectivity index (χ0) is 14.0. The van der Waals surface area contributed by atoms with Crippen LogP contribution in [-0.2, 0) is 0 Å². The second-order valence-corrected chi connectivity index (χ2v) is 5.49. The molecule has 0 aliphatic rings. The summed E-state index contributed by atoms with van der Waals surface area (Å²) in [6, 6.07) is 4.95. The Labute approximate surface area is 119 Å². The number of rotatable bonds is 3. The normalized spacial score (nSPS) is 10.7. The molecule has 100 valence electrons. The number of nitrogens with zero attached hydrogens (tertiary/aromatic N) is 2. The van der Waals surface area contributed by atoms with Crippen molar-refractivity contribution in [3.63, 3.8) is 0 Å². The van der Waals surface area contributed by atoms with Gasteiger partial charge in [0.05, 0.1) is 16.4 Å². The SMILES string of the molecule is CC(C)c1nnsc1C(=O)Nc1ccc(N)c(Cl)c1. The minimum atomic E-state index is -0.237. The van der Waals surface area contributed by atoms with Crippen LogP contribution in [0.25, 0.3) is 0 Å². The number of anilines is 2. The number of nitrogens with two attached hydrogens (primary N) is 1. The highest BCUT2D eigenvalue weighted by atomic mass is 35.5. The number of nitrogen functional groups attached to an aromatic ring is 1. The van der Waals surface area contributed by atoms with Crippen molar-refractivity contribution in [3.8, 4) is 0 Å². The summed E-state index contributed by atoms with van der Waals surface area (Å²) < 4.78 is 3.82. The van der Waals surface area contributed by atoms with Crippen LogP contribution in [0.2, 0.25) is 5.02 Å². The molecule has 19 heavy (non-hydrogen) atoms. The van der Waals surface area contributed by atoms with Crippen molar-refractivity contribution in [2.45, 2.75) is 19.8 Å². The molecular weight excluding hydrogens is 284 g/mol. The fourth-order valence-corrected chi connectivity index (χ4v) is 2.42. The lowest BCUT2D eigenvalue weighted by atomic mass is 10.1. The molecule has 2 rings (SSSR count). The molecule has 1 aromatic heterocycles. The first-order valence-electron chi connectivity index (χ1n) is 5.67. The first-order valence-corrected chi connectivity index (χ1v) is 6.82. The van der Waals surface area contributed by atoms with E-state index in [-0.39, 0.29) is 11.8 Å². The Morgan fingerprint density at radius 2 is 2.21 bits per heavy atom. The summed E-state index contributed by atoms with van der Waals surface area (Å²) >= 11 is 6.99. The van der Waals surface area contributed by atoms with E-state index >= 15 is 0 Å². The van der Waals surface area contributed by atoms with Crippen LogP contribution in [0, 0.1) is 0 Å². The Morgan fingerprint density at radius 1 is 1.47 bits per heavy atom. The molecule has 2 aromatic rings. The second-order valence-electron chi connectivity index (χ2n) is 4.33. The Kier molecular flexibility index (Phi) is 4.01. The van der Waals surface area contributed by atoms with E-state index in [1.165, 1.54) is 0 Å². The van der Waals surface area contributed by atoms with Gasteiger partial charge in [0.25, 0.3) is 5.91 Å². The summed E-state index contributed by atoms with van der Waals surface area (Å²) in [6.45, 7) is 3.93. The van der Waals surface area contributed by atoms with Gasteiger partial charge in [0.15, 0.2) is 0 Å². The van der Waals surface area contributed by atoms with Crippen LogP contribution in [0.4, 0.5) is 11.4 Å². The highest BCUT2D eigenvalue weighted by Gasteiger charge is 2.18. The number of hydrogen-bond donors (Lipinski definition) is 2. The van der Waals surface area contributed by atoms with Gasteiger partial charge in [0.1, 0.15) is 4.88 Å². The lowest BCUT2D eigenvalue weighted by Crippen LogP contribution is -2.13. The van der Waals surface area contributed by atoms with Crippen molar-refractivity contribution in [3.05, 3.63) is 33.8 Å². The number of aromatic nitrogens is 2. The first-order chi connectivity index (χ1) is 8.99. The molecule has 0 fully saturated rings. The van der Waals surface area contributed by atoms with Crippen molar-refractivity contribution in [2.24, 2.45) is 0 Å². The fraction of sp³-hybridized carbons (Fsp3) is 0.250. The summed E-state index contributed by atoms with van der Waals surface area (Å²) in [5.41, 5.74) is 7.38. The van der Waals surface area contributed by atoms with Crippen LogP contribution in [-0.4, -0.2) is 15.5 Å². The maximum atomic E-state index is 12.1. The molecule has 1 amide bonds. The number of benzene rings is 1. The average molecular weight is 297 g/mol. The molecule has 0 bridgehead atoms. The van der Waals surface area contributed by atoms with E-state index < -0.39 is 0 Å². The third kappa shape index (κ3) is 3.02. The Bertz CT molecular complexity index is 612. The molecule has 1 aromatic carbocycles.